The minimum absolute atomic E-state index is 0.0608. The van der Waals surface area contributed by atoms with Crippen molar-refractivity contribution in [3.05, 3.63) is 29.8 Å². The zero-order valence-corrected chi connectivity index (χ0v) is 12.1. The standard InChI is InChI=1S/C15H21F3N2O/c1-11-5-7-20(8-6-11)14(10-19)12-3-2-4-13(9-12)21-15(16,17)18/h2-4,9,11,14H,5-8,10,19H2,1H3. The lowest BCUT2D eigenvalue weighted by molar-refractivity contribution is -0.274. The molecule has 0 spiro atoms. The fraction of sp³-hybridized carbons (Fsp3) is 0.600. The van der Waals surface area contributed by atoms with Gasteiger partial charge in [-0.1, -0.05) is 19.1 Å². The van der Waals surface area contributed by atoms with Crippen molar-refractivity contribution in [2.75, 3.05) is 19.6 Å². The van der Waals surface area contributed by atoms with E-state index in [0.29, 0.717) is 12.5 Å². The van der Waals surface area contributed by atoms with Crippen molar-refractivity contribution in [2.24, 2.45) is 11.7 Å². The molecular weight excluding hydrogens is 281 g/mol. The summed E-state index contributed by atoms with van der Waals surface area (Å²) in [6, 6.07) is 6.06. The molecule has 1 aliphatic heterocycles. The van der Waals surface area contributed by atoms with E-state index in [1.165, 1.54) is 12.1 Å². The molecule has 0 radical (unpaired) electrons. The molecular formula is C15H21F3N2O. The molecule has 0 amide bonds. The predicted molar refractivity (Wildman–Crippen MR) is 74.9 cm³/mol. The van der Waals surface area contributed by atoms with Gasteiger partial charge in [0.1, 0.15) is 5.75 Å². The van der Waals surface area contributed by atoms with Gasteiger partial charge in [0.2, 0.25) is 0 Å². The van der Waals surface area contributed by atoms with Crippen LogP contribution in [0.1, 0.15) is 31.4 Å². The summed E-state index contributed by atoms with van der Waals surface area (Å²) >= 11 is 0. The topological polar surface area (TPSA) is 38.5 Å². The molecule has 2 rings (SSSR count). The number of rotatable bonds is 4. The molecule has 6 heteroatoms. The lowest BCUT2D eigenvalue weighted by Crippen LogP contribution is -2.39. The minimum Gasteiger partial charge on any atom is -0.406 e. The number of hydrogen-bond donors (Lipinski definition) is 1. The molecule has 1 saturated heterocycles. The van der Waals surface area contributed by atoms with Crippen molar-refractivity contribution in [3.8, 4) is 5.75 Å². The summed E-state index contributed by atoms with van der Waals surface area (Å²) in [5.74, 6) is 0.503. The Kier molecular flexibility index (Phi) is 5.11. The Morgan fingerprint density at radius 1 is 1.33 bits per heavy atom. The number of benzene rings is 1. The summed E-state index contributed by atoms with van der Waals surface area (Å²) in [7, 11) is 0. The maximum absolute atomic E-state index is 12.3. The first-order valence-corrected chi connectivity index (χ1v) is 7.19. The van der Waals surface area contributed by atoms with Crippen LogP contribution in [0.5, 0.6) is 5.75 Å². The van der Waals surface area contributed by atoms with E-state index in [-0.39, 0.29) is 11.8 Å². The largest absolute Gasteiger partial charge is 0.573 e. The molecule has 2 N–H and O–H groups in total. The maximum atomic E-state index is 12.3. The number of piperidine rings is 1. The van der Waals surface area contributed by atoms with E-state index in [0.717, 1.165) is 31.5 Å². The van der Waals surface area contributed by atoms with E-state index in [9.17, 15) is 13.2 Å². The highest BCUT2D eigenvalue weighted by Crippen LogP contribution is 2.30. The third kappa shape index (κ3) is 4.61. The quantitative estimate of drug-likeness (QED) is 0.927. The van der Waals surface area contributed by atoms with Crippen LogP contribution in [-0.4, -0.2) is 30.9 Å². The van der Waals surface area contributed by atoms with E-state index >= 15 is 0 Å². The molecule has 1 atom stereocenters. The van der Waals surface area contributed by atoms with Crippen molar-refractivity contribution < 1.29 is 17.9 Å². The molecule has 118 valence electrons. The normalized spacial score (nSPS) is 19.5. The molecule has 1 aromatic rings. The summed E-state index contributed by atoms with van der Waals surface area (Å²) in [6.07, 6.45) is -2.48. The molecule has 1 fully saturated rings. The first-order chi connectivity index (χ1) is 9.89. The molecule has 1 aliphatic rings. The third-order valence-electron chi connectivity index (χ3n) is 3.96. The van der Waals surface area contributed by atoms with Crippen molar-refractivity contribution in [3.63, 3.8) is 0 Å². The number of alkyl halides is 3. The van der Waals surface area contributed by atoms with Crippen LogP contribution in [0.3, 0.4) is 0 Å². The molecule has 1 unspecified atom stereocenters. The van der Waals surface area contributed by atoms with E-state index in [1.54, 1.807) is 12.1 Å². The van der Waals surface area contributed by atoms with Gasteiger partial charge in [0, 0.05) is 12.6 Å². The summed E-state index contributed by atoms with van der Waals surface area (Å²) < 4.78 is 40.9. The monoisotopic (exact) mass is 302 g/mol. The summed E-state index contributed by atoms with van der Waals surface area (Å²) in [5, 5.41) is 0. The van der Waals surface area contributed by atoms with Crippen LogP contribution in [0.25, 0.3) is 0 Å². The van der Waals surface area contributed by atoms with Gasteiger partial charge in [-0.3, -0.25) is 4.90 Å². The molecule has 0 aliphatic carbocycles. The Hall–Kier alpha value is -1.27. The van der Waals surface area contributed by atoms with E-state index in [1.807, 2.05) is 0 Å². The van der Waals surface area contributed by atoms with E-state index in [2.05, 4.69) is 16.6 Å². The molecule has 0 saturated carbocycles. The number of halogens is 3. The summed E-state index contributed by atoms with van der Waals surface area (Å²) in [6.45, 7) is 4.44. The second-order valence-electron chi connectivity index (χ2n) is 5.59. The van der Waals surface area contributed by atoms with Gasteiger partial charge in [0.05, 0.1) is 0 Å². The molecule has 21 heavy (non-hydrogen) atoms. The minimum atomic E-state index is -4.67. The van der Waals surface area contributed by atoms with Gasteiger partial charge in [0.15, 0.2) is 0 Å². The van der Waals surface area contributed by atoms with Gasteiger partial charge in [-0.05, 0) is 49.5 Å². The van der Waals surface area contributed by atoms with Gasteiger partial charge >= 0.3 is 6.36 Å². The molecule has 1 heterocycles. The lowest BCUT2D eigenvalue weighted by Gasteiger charge is -2.36. The van der Waals surface area contributed by atoms with Crippen LogP contribution >= 0.6 is 0 Å². The molecule has 0 bridgehead atoms. The molecule has 0 aromatic heterocycles. The van der Waals surface area contributed by atoms with Crippen LogP contribution in [0.4, 0.5) is 13.2 Å². The molecule has 3 nitrogen and oxygen atoms in total. The number of likely N-dealkylation sites (tertiary alicyclic amines) is 1. The van der Waals surface area contributed by atoms with Crippen LogP contribution in [0.2, 0.25) is 0 Å². The number of nitrogens with zero attached hydrogens (tertiary/aromatic N) is 1. The molecule has 1 aromatic carbocycles. The Bertz CT molecular complexity index is 456. The Morgan fingerprint density at radius 3 is 2.57 bits per heavy atom. The van der Waals surface area contributed by atoms with Gasteiger partial charge < -0.3 is 10.5 Å². The lowest BCUT2D eigenvalue weighted by atomic mass is 9.96. The van der Waals surface area contributed by atoms with Gasteiger partial charge in [0.25, 0.3) is 0 Å². The highest BCUT2D eigenvalue weighted by Gasteiger charge is 2.31. The average Bonchev–Trinajstić information content (AvgIpc) is 2.40. The van der Waals surface area contributed by atoms with Crippen LogP contribution in [-0.2, 0) is 0 Å². The van der Waals surface area contributed by atoms with Crippen molar-refractivity contribution >= 4 is 0 Å². The fourth-order valence-corrected chi connectivity index (χ4v) is 2.76. The van der Waals surface area contributed by atoms with E-state index in [4.69, 9.17) is 5.73 Å². The Balaban J connectivity index is 2.12. The van der Waals surface area contributed by atoms with Crippen molar-refractivity contribution in [1.82, 2.24) is 4.90 Å². The van der Waals surface area contributed by atoms with Crippen LogP contribution in [0.15, 0.2) is 24.3 Å². The van der Waals surface area contributed by atoms with Crippen LogP contribution < -0.4 is 10.5 Å². The number of nitrogens with two attached hydrogens (primary N) is 1. The average molecular weight is 302 g/mol. The Morgan fingerprint density at radius 2 is 2.00 bits per heavy atom. The summed E-state index contributed by atoms with van der Waals surface area (Å²) in [4.78, 5) is 2.24. The highest BCUT2D eigenvalue weighted by atomic mass is 19.4. The van der Waals surface area contributed by atoms with Crippen molar-refractivity contribution in [2.45, 2.75) is 32.2 Å². The highest BCUT2D eigenvalue weighted by molar-refractivity contribution is 5.31. The van der Waals surface area contributed by atoms with Crippen molar-refractivity contribution in [1.29, 1.82) is 0 Å². The number of ether oxygens (including phenoxy) is 1. The zero-order chi connectivity index (χ0) is 15.5. The Labute approximate surface area is 122 Å². The number of hydrogen-bond acceptors (Lipinski definition) is 3. The third-order valence-corrected chi connectivity index (χ3v) is 3.96. The first-order valence-electron chi connectivity index (χ1n) is 7.19. The summed E-state index contributed by atoms with van der Waals surface area (Å²) in [5.41, 5.74) is 6.61. The fourth-order valence-electron chi connectivity index (χ4n) is 2.76. The predicted octanol–water partition coefficient (Wildman–Crippen LogP) is 3.32. The SMILES string of the molecule is CC1CCN(C(CN)c2cccc(OC(F)(F)F)c2)CC1. The first kappa shape index (κ1) is 16.1. The second-order valence-corrected chi connectivity index (χ2v) is 5.59. The smallest absolute Gasteiger partial charge is 0.406 e. The van der Waals surface area contributed by atoms with Gasteiger partial charge in [-0.15, -0.1) is 13.2 Å². The maximum Gasteiger partial charge on any atom is 0.573 e. The van der Waals surface area contributed by atoms with Crippen LogP contribution in [0, 0.1) is 5.92 Å². The van der Waals surface area contributed by atoms with Gasteiger partial charge in [-0.25, -0.2) is 0 Å². The van der Waals surface area contributed by atoms with Gasteiger partial charge in [-0.2, -0.15) is 0 Å². The second kappa shape index (κ2) is 6.66. The van der Waals surface area contributed by atoms with E-state index < -0.39 is 6.36 Å². The zero-order valence-electron chi connectivity index (χ0n) is 12.1.